The number of benzene rings is 1. The first kappa shape index (κ1) is 24.8. The van der Waals surface area contributed by atoms with E-state index in [1.807, 2.05) is 0 Å². The third-order valence-corrected chi connectivity index (χ3v) is 6.36. The second kappa shape index (κ2) is 10.1. The van der Waals surface area contributed by atoms with E-state index in [9.17, 15) is 29.3 Å². The van der Waals surface area contributed by atoms with Gasteiger partial charge in [0.25, 0.3) is 11.2 Å². The minimum Gasteiger partial charge on any atom is -0.466 e. The van der Waals surface area contributed by atoms with Crippen LogP contribution in [0.1, 0.15) is 43.2 Å². The second-order valence-corrected chi connectivity index (χ2v) is 8.72. The Hall–Kier alpha value is -4.29. The van der Waals surface area contributed by atoms with Crippen molar-refractivity contribution in [1.29, 1.82) is 0 Å². The van der Waals surface area contributed by atoms with Crippen LogP contribution in [0.25, 0.3) is 0 Å². The van der Waals surface area contributed by atoms with Crippen molar-refractivity contribution in [3.8, 4) is 0 Å². The average molecular weight is 498 g/mol. The number of rotatable bonds is 6. The maximum atomic E-state index is 13.1. The van der Waals surface area contributed by atoms with E-state index in [0.29, 0.717) is 38.1 Å². The molecule has 1 aromatic carbocycles. The van der Waals surface area contributed by atoms with Crippen molar-refractivity contribution in [3.05, 3.63) is 49.8 Å². The van der Waals surface area contributed by atoms with Crippen molar-refractivity contribution in [1.82, 2.24) is 9.97 Å². The van der Waals surface area contributed by atoms with Crippen LogP contribution in [0.15, 0.2) is 23.0 Å². The number of nitrogens with zero attached hydrogens (tertiary/aromatic N) is 3. The predicted octanol–water partition coefficient (Wildman–Crippen LogP) is 1.83. The fourth-order valence-corrected chi connectivity index (χ4v) is 4.40. The molecule has 190 valence electrons. The monoisotopic (exact) mass is 498 g/mol. The molecule has 2 aliphatic heterocycles. The van der Waals surface area contributed by atoms with Crippen molar-refractivity contribution in [2.45, 2.75) is 39.0 Å². The number of ether oxygens (including phenoxy) is 1. The van der Waals surface area contributed by atoms with Crippen LogP contribution in [-0.4, -0.2) is 52.4 Å². The molecule has 13 nitrogen and oxygen atoms in total. The molecule has 2 amide bonds. The van der Waals surface area contributed by atoms with Crippen LogP contribution in [0, 0.1) is 23.0 Å². The summed E-state index contributed by atoms with van der Waals surface area (Å²) in [4.78, 5) is 70.0. The number of fused-ring (bicyclic) bond motifs is 1. The highest BCUT2D eigenvalue weighted by atomic mass is 16.6. The molecule has 0 spiro atoms. The van der Waals surface area contributed by atoms with Gasteiger partial charge in [-0.2, -0.15) is 4.98 Å². The van der Waals surface area contributed by atoms with E-state index in [4.69, 9.17) is 4.74 Å². The van der Waals surface area contributed by atoms with Gasteiger partial charge in [-0.1, -0.05) is 6.07 Å². The Balaban J connectivity index is 1.56. The number of piperidine rings is 1. The number of aromatic nitrogens is 2. The fraction of sp³-hybridized carbons (Fsp3) is 0.435. The van der Waals surface area contributed by atoms with Crippen molar-refractivity contribution in [2.24, 2.45) is 5.92 Å². The summed E-state index contributed by atoms with van der Waals surface area (Å²) in [6.07, 6.45) is 0.779. The lowest BCUT2D eigenvalue weighted by Crippen LogP contribution is -2.41. The Kier molecular flexibility index (Phi) is 6.99. The van der Waals surface area contributed by atoms with E-state index < -0.39 is 28.2 Å². The van der Waals surface area contributed by atoms with Gasteiger partial charge >= 0.3 is 5.97 Å². The summed E-state index contributed by atoms with van der Waals surface area (Å²) in [7, 11) is 0. The van der Waals surface area contributed by atoms with E-state index in [-0.39, 0.29) is 47.0 Å². The van der Waals surface area contributed by atoms with Crippen molar-refractivity contribution >= 4 is 40.9 Å². The van der Waals surface area contributed by atoms with Crippen LogP contribution in [0.4, 0.5) is 23.1 Å². The smallest absolute Gasteiger partial charge is 0.309 e. The lowest BCUT2D eigenvalue weighted by Gasteiger charge is -2.32. The number of non-ortho nitro benzene ring substituents is 1. The molecular weight excluding hydrogens is 472 g/mol. The number of carbonyl (C=O) groups excluding carboxylic acids is 3. The Labute approximate surface area is 205 Å². The number of carbonyl (C=O) groups is 3. The molecule has 13 heteroatoms. The molecule has 2 aromatic rings. The Bertz CT molecular complexity index is 1280. The Morgan fingerprint density at radius 2 is 2.00 bits per heavy atom. The van der Waals surface area contributed by atoms with Gasteiger partial charge < -0.3 is 20.3 Å². The van der Waals surface area contributed by atoms with Gasteiger partial charge in [-0.05, 0) is 32.3 Å². The third kappa shape index (κ3) is 5.04. The minimum absolute atomic E-state index is 0.00608. The maximum absolute atomic E-state index is 13.1. The maximum Gasteiger partial charge on any atom is 0.309 e. The van der Waals surface area contributed by atoms with E-state index in [0.717, 1.165) is 0 Å². The number of anilines is 3. The largest absolute Gasteiger partial charge is 0.466 e. The molecule has 0 aliphatic carbocycles. The molecule has 4 rings (SSSR count). The molecular formula is C23H26N6O7. The predicted molar refractivity (Wildman–Crippen MR) is 129 cm³/mol. The second-order valence-electron chi connectivity index (χ2n) is 8.72. The molecule has 0 bridgehead atoms. The molecule has 1 aromatic heterocycles. The average Bonchev–Trinajstić information content (AvgIpc) is 2.84. The number of nitro benzene ring substituents is 1. The van der Waals surface area contributed by atoms with E-state index >= 15 is 0 Å². The molecule has 1 fully saturated rings. The van der Waals surface area contributed by atoms with Gasteiger partial charge in [0, 0.05) is 31.6 Å². The molecule has 36 heavy (non-hydrogen) atoms. The van der Waals surface area contributed by atoms with Crippen LogP contribution in [-0.2, 0) is 19.1 Å². The number of aryl methyl sites for hydroxylation is 1. The SMILES string of the molecule is CCOC(=O)C1CCN(c2nc3c(c(=O)[nH]2)[C@H](C(=O)Nc2cc([N+](=O)[O-])ccc2C)CC(=O)N3)CC1. The summed E-state index contributed by atoms with van der Waals surface area (Å²) in [5, 5.41) is 16.3. The quantitative estimate of drug-likeness (QED) is 0.304. The number of nitro groups is 1. The number of hydrogen-bond acceptors (Lipinski definition) is 9. The summed E-state index contributed by atoms with van der Waals surface area (Å²) < 4.78 is 5.08. The number of nitrogens with one attached hydrogen (secondary N) is 3. The standard InChI is InChI=1S/C23H26N6O7/c1-3-36-22(33)13-6-8-28(9-7-13)23-26-19-18(21(32)27-23)15(11-17(30)25-19)20(31)24-16-10-14(29(34)35)5-4-12(16)2/h4-5,10,13,15H,3,6-9,11H2,1-2H3,(H,24,31)(H2,25,26,27,30,32)/t15-/m1/s1. The number of hydrogen-bond donors (Lipinski definition) is 3. The summed E-state index contributed by atoms with van der Waals surface area (Å²) in [6, 6.07) is 4.05. The summed E-state index contributed by atoms with van der Waals surface area (Å²) in [5.74, 6) is -2.51. The van der Waals surface area contributed by atoms with Gasteiger partial charge in [-0.15, -0.1) is 0 Å². The van der Waals surface area contributed by atoms with Crippen LogP contribution in [0.5, 0.6) is 0 Å². The number of H-pyrrole nitrogens is 1. The molecule has 1 atom stereocenters. The third-order valence-electron chi connectivity index (χ3n) is 6.36. The molecule has 3 N–H and O–H groups in total. The van der Waals surface area contributed by atoms with Gasteiger partial charge in [0.1, 0.15) is 5.82 Å². The Morgan fingerprint density at radius 1 is 1.28 bits per heavy atom. The van der Waals surface area contributed by atoms with E-state index in [1.54, 1.807) is 18.7 Å². The molecule has 0 radical (unpaired) electrons. The molecule has 0 unspecified atom stereocenters. The lowest BCUT2D eigenvalue weighted by molar-refractivity contribution is -0.384. The normalized spacial score (nSPS) is 17.7. The molecule has 2 aliphatic rings. The highest BCUT2D eigenvalue weighted by molar-refractivity contribution is 6.04. The molecule has 3 heterocycles. The number of esters is 1. The van der Waals surface area contributed by atoms with E-state index in [1.165, 1.54) is 18.2 Å². The van der Waals surface area contributed by atoms with Gasteiger partial charge in [-0.3, -0.25) is 34.3 Å². The first-order valence-corrected chi connectivity index (χ1v) is 11.6. The fourth-order valence-electron chi connectivity index (χ4n) is 4.40. The first-order chi connectivity index (χ1) is 17.2. The van der Waals surface area contributed by atoms with Crippen molar-refractivity contribution in [2.75, 3.05) is 35.2 Å². The van der Waals surface area contributed by atoms with Crippen molar-refractivity contribution in [3.63, 3.8) is 0 Å². The van der Waals surface area contributed by atoms with Crippen molar-refractivity contribution < 1.29 is 24.0 Å². The van der Waals surface area contributed by atoms with Gasteiger partial charge in [0.15, 0.2) is 0 Å². The van der Waals surface area contributed by atoms with Crippen LogP contribution < -0.4 is 21.1 Å². The van der Waals surface area contributed by atoms with Crippen LogP contribution in [0.2, 0.25) is 0 Å². The zero-order valence-corrected chi connectivity index (χ0v) is 19.8. The highest BCUT2D eigenvalue weighted by Crippen LogP contribution is 2.32. The lowest BCUT2D eigenvalue weighted by atomic mass is 9.92. The topological polar surface area (TPSA) is 177 Å². The zero-order valence-electron chi connectivity index (χ0n) is 19.8. The number of amides is 2. The Morgan fingerprint density at radius 3 is 2.67 bits per heavy atom. The number of aromatic amines is 1. The van der Waals surface area contributed by atoms with Gasteiger partial charge in [-0.25, -0.2) is 0 Å². The summed E-state index contributed by atoms with van der Waals surface area (Å²) in [5.41, 5.74) is 0.0441. The summed E-state index contributed by atoms with van der Waals surface area (Å²) >= 11 is 0. The molecule has 1 saturated heterocycles. The minimum atomic E-state index is -1.13. The van der Waals surface area contributed by atoms with Gasteiger partial charge in [0.05, 0.1) is 34.6 Å². The summed E-state index contributed by atoms with van der Waals surface area (Å²) in [6.45, 7) is 4.65. The van der Waals surface area contributed by atoms with Gasteiger partial charge in [0.2, 0.25) is 17.8 Å². The zero-order chi connectivity index (χ0) is 26.0. The van der Waals surface area contributed by atoms with E-state index in [2.05, 4.69) is 20.6 Å². The van der Waals surface area contributed by atoms with Crippen LogP contribution in [0.3, 0.4) is 0 Å². The molecule has 0 saturated carbocycles. The van der Waals surface area contributed by atoms with Crippen LogP contribution >= 0.6 is 0 Å². The highest BCUT2D eigenvalue weighted by Gasteiger charge is 2.36. The first-order valence-electron chi connectivity index (χ1n) is 11.6.